The maximum absolute atomic E-state index is 12.7. The summed E-state index contributed by atoms with van der Waals surface area (Å²) >= 11 is 9.84. The summed E-state index contributed by atoms with van der Waals surface area (Å²) in [6, 6.07) is 11.1. The monoisotopic (exact) mass is 477 g/mol. The van der Waals surface area contributed by atoms with Crippen LogP contribution in [0, 0.1) is 6.92 Å². The molecule has 1 aromatic heterocycles. The van der Waals surface area contributed by atoms with Crippen molar-refractivity contribution in [2.75, 3.05) is 11.9 Å². The minimum Gasteiger partial charge on any atom is -0.462 e. The molecule has 144 valence electrons. The molecule has 0 aliphatic heterocycles. The van der Waals surface area contributed by atoms with Gasteiger partial charge in [-0.05, 0) is 49.0 Å². The Kier molecular flexibility index (Phi) is 6.38. The summed E-state index contributed by atoms with van der Waals surface area (Å²) in [6.07, 6.45) is 0. The number of hydrogen-bond acceptors (Lipinski definition) is 6. The van der Waals surface area contributed by atoms with Crippen molar-refractivity contribution in [1.29, 1.82) is 0 Å². The molecule has 0 saturated carbocycles. The first-order valence-corrected chi connectivity index (χ1v) is 10.4. The number of benzene rings is 2. The number of aryl methyl sites for hydroxylation is 1. The van der Waals surface area contributed by atoms with Gasteiger partial charge >= 0.3 is 5.97 Å². The smallest absolute Gasteiger partial charge is 0.350 e. The van der Waals surface area contributed by atoms with E-state index in [0.717, 1.165) is 26.6 Å². The molecule has 0 radical (unpaired) electrons. The summed E-state index contributed by atoms with van der Waals surface area (Å²) in [4.78, 5) is 29.2. The van der Waals surface area contributed by atoms with Crippen LogP contribution in [0.2, 0.25) is 0 Å². The Hall–Kier alpha value is -2.36. The van der Waals surface area contributed by atoms with E-state index in [4.69, 9.17) is 17.0 Å². The second-order valence-electron chi connectivity index (χ2n) is 5.70. The second-order valence-corrected chi connectivity index (χ2v) is 7.96. The predicted octanol–water partition coefficient (Wildman–Crippen LogP) is 4.67. The average Bonchev–Trinajstić information content (AvgIpc) is 3.01. The molecular weight excluding hydrogens is 462 g/mol. The molecule has 6 nitrogen and oxygen atoms in total. The molecule has 0 spiro atoms. The molecule has 0 fully saturated rings. The van der Waals surface area contributed by atoms with Crippen molar-refractivity contribution in [2.24, 2.45) is 0 Å². The number of halogens is 1. The molecule has 28 heavy (non-hydrogen) atoms. The normalized spacial score (nSPS) is 10.5. The van der Waals surface area contributed by atoms with Crippen LogP contribution in [0.15, 0.2) is 40.9 Å². The molecule has 3 aromatic rings. The number of thiazole rings is 1. The molecule has 0 bridgehead atoms. The van der Waals surface area contributed by atoms with Gasteiger partial charge in [-0.15, -0.1) is 0 Å². The lowest BCUT2D eigenvalue weighted by Gasteiger charge is -2.10. The third-order valence-electron chi connectivity index (χ3n) is 3.82. The highest BCUT2D eigenvalue weighted by atomic mass is 79.9. The average molecular weight is 478 g/mol. The quantitative estimate of drug-likeness (QED) is 0.419. The lowest BCUT2D eigenvalue weighted by atomic mass is 10.0. The highest BCUT2D eigenvalue weighted by Crippen LogP contribution is 2.26. The maximum Gasteiger partial charge on any atom is 0.350 e. The SMILES string of the molecule is CCOC(=O)c1sc(NC(=S)NC(=O)c2cccc3c(Br)cccc23)nc1C. The van der Waals surface area contributed by atoms with Gasteiger partial charge in [0.1, 0.15) is 4.88 Å². The number of carbonyl (C=O) groups is 2. The molecule has 0 unspecified atom stereocenters. The molecule has 9 heteroatoms. The van der Waals surface area contributed by atoms with E-state index >= 15 is 0 Å². The lowest BCUT2D eigenvalue weighted by molar-refractivity contribution is 0.0531. The zero-order valence-electron chi connectivity index (χ0n) is 15.0. The zero-order chi connectivity index (χ0) is 20.3. The van der Waals surface area contributed by atoms with Crippen molar-refractivity contribution in [1.82, 2.24) is 10.3 Å². The van der Waals surface area contributed by atoms with Gasteiger partial charge in [0, 0.05) is 10.0 Å². The van der Waals surface area contributed by atoms with E-state index in [1.807, 2.05) is 30.3 Å². The standard InChI is InChI=1S/C19H16BrN3O3S2/c1-3-26-17(25)15-10(2)21-19(28-15)23-18(27)22-16(24)13-8-4-7-12-11(13)6-5-9-14(12)20/h4-9H,3H2,1-2H3,(H2,21,22,23,24,27). The highest BCUT2D eigenvalue weighted by molar-refractivity contribution is 9.10. The molecule has 1 heterocycles. The van der Waals surface area contributed by atoms with Crippen LogP contribution in [-0.4, -0.2) is 28.6 Å². The third kappa shape index (κ3) is 4.37. The summed E-state index contributed by atoms with van der Waals surface area (Å²) in [7, 11) is 0. The van der Waals surface area contributed by atoms with E-state index in [9.17, 15) is 9.59 Å². The summed E-state index contributed by atoms with van der Waals surface area (Å²) in [5.74, 6) is -0.762. The molecule has 3 rings (SSSR count). The van der Waals surface area contributed by atoms with Crippen LogP contribution in [0.4, 0.5) is 5.13 Å². The Balaban J connectivity index is 1.74. The Morgan fingerprint density at radius 1 is 1.21 bits per heavy atom. The number of rotatable bonds is 4. The Bertz CT molecular complexity index is 1080. The minimum atomic E-state index is -0.429. The van der Waals surface area contributed by atoms with Gasteiger partial charge in [0.25, 0.3) is 5.91 Å². The first-order valence-electron chi connectivity index (χ1n) is 8.34. The number of thiocarbonyl (C=S) groups is 1. The summed E-state index contributed by atoms with van der Waals surface area (Å²) < 4.78 is 5.90. The fraction of sp³-hybridized carbons (Fsp3) is 0.158. The number of carbonyl (C=O) groups excluding carboxylic acids is 2. The first-order chi connectivity index (χ1) is 13.4. The topological polar surface area (TPSA) is 80.3 Å². The molecule has 2 N–H and O–H groups in total. The van der Waals surface area contributed by atoms with E-state index in [1.165, 1.54) is 0 Å². The number of esters is 1. The van der Waals surface area contributed by atoms with Gasteiger partial charge in [0.05, 0.1) is 12.3 Å². The van der Waals surface area contributed by atoms with Crippen LogP contribution >= 0.6 is 39.5 Å². The number of amides is 1. The molecule has 0 saturated heterocycles. The Morgan fingerprint density at radius 3 is 2.68 bits per heavy atom. The lowest BCUT2D eigenvalue weighted by Crippen LogP contribution is -2.34. The van der Waals surface area contributed by atoms with Crippen molar-refractivity contribution in [3.05, 3.63) is 57.0 Å². The number of ether oxygens (including phenoxy) is 1. The van der Waals surface area contributed by atoms with Crippen molar-refractivity contribution in [3.63, 3.8) is 0 Å². The van der Waals surface area contributed by atoms with Crippen LogP contribution in [-0.2, 0) is 4.74 Å². The number of fused-ring (bicyclic) bond motifs is 1. The van der Waals surface area contributed by atoms with E-state index in [-0.39, 0.29) is 17.6 Å². The fourth-order valence-corrected chi connectivity index (χ4v) is 4.22. The van der Waals surface area contributed by atoms with Crippen molar-refractivity contribution >= 4 is 72.4 Å². The van der Waals surface area contributed by atoms with Crippen LogP contribution in [0.25, 0.3) is 10.8 Å². The number of aromatic nitrogens is 1. The largest absolute Gasteiger partial charge is 0.462 e. The van der Waals surface area contributed by atoms with E-state index < -0.39 is 5.97 Å². The minimum absolute atomic E-state index is 0.0983. The molecule has 0 aliphatic carbocycles. The highest BCUT2D eigenvalue weighted by Gasteiger charge is 2.18. The van der Waals surface area contributed by atoms with Crippen molar-refractivity contribution < 1.29 is 14.3 Å². The first kappa shape index (κ1) is 20.4. The van der Waals surface area contributed by atoms with Crippen LogP contribution in [0.3, 0.4) is 0 Å². The number of nitrogens with one attached hydrogen (secondary N) is 2. The summed E-state index contributed by atoms with van der Waals surface area (Å²) in [5, 5.41) is 7.76. The van der Waals surface area contributed by atoms with Gasteiger partial charge < -0.3 is 10.1 Å². The van der Waals surface area contributed by atoms with Gasteiger partial charge in [0.2, 0.25) is 0 Å². The number of nitrogens with zero attached hydrogens (tertiary/aromatic N) is 1. The zero-order valence-corrected chi connectivity index (χ0v) is 18.3. The summed E-state index contributed by atoms with van der Waals surface area (Å²) in [5.41, 5.74) is 1.05. The molecule has 0 aliphatic rings. The fourth-order valence-electron chi connectivity index (χ4n) is 2.60. The Labute approximate surface area is 179 Å². The molecule has 0 atom stereocenters. The van der Waals surface area contributed by atoms with Gasteiger partial charge in [-0.25, -0.2) is 9.78 Å². The van der Waals surface area contributed by atoms with Gasteiger partial charge in [-0.2, -0.15) is 0 Å². The van der Waals surface area contributed by atoms with Crippen LogP contribution in [0.5, 0.6) is 0 Å². The second kappa shape index (κ2) is 8.76. The van der Waals surface area contributed by atoms with Gasteiger partial charge in [0.15, 0.2) is 10.2 Å². The number of hydrogen-bond donors (Lipinski definition) is 2. The van der Waals surface area contributed by atoms with Crippen molar-refractivity contribution in [3.8, 4) is 0 Å². The molecular formula is C19H16BrN3O3S2. The third-order valence-corrected chi connectivity index (χ3v) is 5.77. The van der Waals surface area contributed by atoms with Crippen LogP contribution < -0.4 is 10.6 Å². The van der Waals surface area contributed by atoms with Crippen LogP contribution in [0.1, 0.15) is 32.6 Å². The van der Waals surface area contributed by atoms with E-state index in [2.05, 4.69) is 31.5 Å². The van der Waals surface area contributed by atoms with E-state index in [1.54, 1.807) is 19.9 Å². The molecule has 1 amide bonds. The van der Waals surface area contributed by atoms with Gasteiger partial charge in [-0.3, -0.25) is 10.1 Å². The van der Waals surface area contributed by atoms with Crippen molar-refractivity contribution in [2.45, 2.75) is 13.8 Å². The van der Waals surface area contributed by atoms with Gasteiger partial charge in [-0.1, -0.05) is 51.5 Å². The Morgan fingerprint density at radius 2 is 1.93 bits per heavy atom. The maximum atomic E-state index is 12.7. The van der Waals surface area contributed by atoms with E-state index in [0.29, 0.717) is 21.3 Å². The predicted molar refractivity (Wildman–Crippen MR) is 118 cm³/mol. The number of anilines is 1. The molecule has 2 aromatic carbocycles. The summed E-state index contributed by atoms with van der Waals surface area (Å²) in [6.45, 7) is 3.74.